The van der Waals surface area contributed by atoms with Crippen LogP contribution in [-0.4, -0.2) is 21.8 Å². The van der Waals surface area contributed by atoms with E-state index in [4.69, 9.17) is 0 Å². The Morgan fingerprint density at radius 2 is 1.39 bits per heavy atom. The number of carbonyl (C=O) groups excluding carboxylic acids is 1. The van der Waals surface area contributed by atoms with Gasteiger partial charge in [0.2, 0.25) is 0 Å². The van der Waals surface area contributed by atoms with E-state index in [1.54, 1.807) is 11.8 Å². The molecule has 1 aliphatic rings. The van der Waals surface area contributed by atoms with Gasteiger partial charge >= 0.3 is 0 Å². The van der Waals surface area contributed by atoms with Crippen LogP contribution in [0.4, 0.5) is 5.69 Å². The van der Waals surface area contributed by atoms with Crippen LogP contribution in [0, 0.1) is 48.5 Å². The third-order valence-corrected chi connectivity index (χ3v) is 6.98. The monoisotopic (exact) mass is 380 g/mol. The molecule has 1 amide bonds. The first-order valence-corrected chi connectivity index (χ1v) is 9.89. The Morgan fingerprint density at radius 3 is 1.86 bits per heavy atom. The Bertz CT molecular complexity index is 1030. The van der Waals surface area contributed by atoms with Crippen LogP contribution in [0.3, 0.4) is 0 Å². The van der Waals surface area contributed by atoms with Crippen molar-refractivity contribution >= 4 is 22.7 Å². The fourth-order valence-corrected chi connectivity index (χ4v) is 4.70. The molecule has 0 aliphatic carbocycles. The number of rotatable bonds is 2. The summed E-state index contributed by atoms with van der Waals surface area (Å²) in [6, 6.07) is 0. The minimum absolute atomic E-state index is 0.116. The molecule has 1 N–H and O–H groups in total. The number of hydrogen-bond donors (Lipinski definition) is 1. The Labute approximate surface area is 168 Å². The molecular weight excluding hydrogens is 348 g/mol. The third-order valence-electron chi connectivity index (χ3n) is 6.98. The van der Waals surface area contributed by atoms with Gasteiger partial charge in [0.1, 0.15) is 6.23 Å². The van der Waals surface area contributed by atoms with Gasteiger partial charge < -0.3 is 9.67 Å². The van der Waals surface area contributed by atoms with Gasteiger partial charge in [-0.25, -0.2) is 0 Å². The van der Waals surface area contributed by atoms with Crippen molar-refractivity contribution in [2.45, 2.75) is 68.5 Å². The van der Waals surface area contributed by atoms with Gasteiger partial charge in [-0.3, -0.25) is 9.69 Å². The number of benzene rings is 1. The molecule has 3 rings (SSSR count). The highest BCUT2D eigenvalue weighted by atomic mass is 16.3. The second-order valence-corrected chi connectivity index (χ2v) is 8.27. The lowest BCUT2D eigenvalue weighted by Gasteiger charge is -2.24. The molecule has 0 fully saturated rings. The molecule has 0 bridgehead atoms. The Hall–Kier alpha value is -2.33. The van der Waals surface area contributed by atoms with Gasteiger partial charge in [0.25, 0.3) is 5.91 Å². The van der Waals surface area contributed by atoms with Crippen molar-refractivity contribution < 1.29 is 9.90 Å². The van der Waals surface area contributed by atoms with E-state index in [1.165, 1.54) is 27.9 Å². The molecule has 1 atom stereocenters. The molecule has 4 nitrogen and oxygen atoms in total. The summed E-state index contributed by atoms with van der Waals surface area (Å²) < 4.78 is 2.17. The minimum Gasteiger partial charge on any atom is -0.373 e. The topological polar surface area (TPSA) is 45.5 Å². The van der Waals surface area contributed by atoms with Crippen molar-refractivity contribution in [1.82, 2.24) is 4.57 Å². The predicted octanol–water partition coefficient (Wildman–Crippen LogP) is 4.80. The summed E-state index contributed by atoms with van der Waals surface area (Å²) in [5, 5.41) is 10.4. The van der Waals surface area contributed by atoms with Crippen LogP contribution in [0.25, 0.3) is 11.1 Å². The first-order chi connectivity index (χ1) is 12.9. The number of amides is 1. The van der Waals surface area contributed by atoms with Crippen LogP contribution in [0.1, 0.15) is 64.2 Å². The first-order valence-electron chi connectivity index (χ1n) is 9.89. The second-order valence-electron chi connectivity index (χ2n) is 8.27. The van der Waals surface area contributed by atoms with Crippen LogP contribution in [0.15, 0.2) is 0 Å². The fraction of sp³-hybridized carbons (Fsp3) is 0.458. The molecule has 1 aromatic heterocycles. The maximum atomic E-state index is 13.6. The average Bonchev–Trinajstić information content (AvgIpc) is 3.05. The summed E-state index contributed by atoms with van der Waals surface area (Å²) in [6.07, 6.45) is -0.880. The molecule has 150 valence electrons. The largest absolute Gasteiger partial charge is 0.373 e. The number of fused-ring (bicyclic) bond motifs is 1. The zero-order valence-electron chi connectivity index (χ0n) is 18.8. The molecule has 4 heteroatoms. The molecule has 28 heavy (non-hydrogen) atoms. The number of anilines is 1. The molecule has 0 saturated carbocycles. The molecule has 1 unspecified atom stereocenters. The molecule has 1 aromatic carbocycles. The van der Waals surface area contributed by atoms with Crippen LogP contribution < -0.4 is 4.90 Å². The summed E-state index contributed by atoms with van der Waals surface area (Å²) in [5.41, 5.74) is 12.8. The lowest BCUT2D eigenvalue weighted by Crippen LogP contribution is -2.35. The van der Waals surface area contributed by atoms with Gasteiger partial charge in [-0.15, -0.1) is 0 Å². The van der Waals surface area contributed by atoms with Crippen molar-refractivity contribution in [3.05, 3.63) is 50.3 Å². The van der Waals surface area contributed by atoms with E-state index < -0.39 is 6.23 Å². The Morgan fingerprint density at radius 1 is 0.857 bits per heavy atom. The number of hydrogen-bond acceptors (Lipinski definition) is 2. The number of allylic oxidation sites excluding steroid dienone is 1. The van der Waals surface area contributed by atoms with Crippen LogP contribution >= 0.6 is 0 Å². The maximum Gasteiger partial charge on any atom is 0.261 e. The Kier molecular flexibility index (Phi) is 4.83. The van der Waals surface area contributed by atoms with E-state index in [2.05, 4.69) is 53.2 Å². The van der Waals surface area contributed by atoms with Crippen LogP contribution in [0.5, 0.6) is 0 Å². The second kappa shape index (κ2) is 6.63. The molecule has 2 heterocycles. The minimum atomic E-state index is -0.880. The zero-order chi connectivity index (χ0) is 21.2. The molecule has 0 spiro atoms. The van der Waals surface area contributed by atoms with Crippen LogP contribution in [0.2, 0.25) is 0 Å². The van der Waals surface area contributed by atoms with Gasteiger partial charge in [-0.1, -0.05) is 0 Å². The summed E-state index contributed by atoms with van der Waals surface area (Å²) in [6.45, 7) is 18.4. The van der Waals surface area contributed by atoms with Crippen molar-refractivity contribution in [2.24, 2.45) is 7.05 Å². The lowest BCUT2D eigenvalue weighted by atomic mass is 9.88. The smallest absolute Gasteiger partial charge is 0.261 e. The molecule has 0 saturated heterocycles. The van der Waals surface area contributed by atoms with Crippen molar-refractivity contribution in [3.63, 3.8) is 0 Å². The van der Waals surface area contributed by atoms with Gasteiger partial charge in [-0.05, 0) is 101 Å². The average molecular weight is 381 g/mol. The number of carbonyl (C=O) groups is 1. The highest BCUT2D eigenvalue weighted by Crippen LogP contribution is 2.47. The van der Waals surface area contributed by atoms with E-state index in [9.17, 15) is 9.90 Å². The van der Waals surface area contributed by atoms with E-state index in [0.29, 0.717) is 5.57 Å². The molecule has 0 radical (unpaired) electrons. The molecule has 2 aromatic rings. The highest BCUT2D eigenvalue weighted by Gasteiger charge is 2.40. The van der Waals surface area contributed by atoms with Gasteiger partial charge in [0.15, 0.2) is 0 Å². The number of nitrogens with zero attached hydrogens (tertiary/aromatic N) is 2. The summed E-state index contributed by atoms with van der Waals surface area (Å²) >= 11 is 0. The van der Waals surface area contributed by atoms with E-state index in [1.807, 2.05) is 13.8 Å². The van der Waals surface area contributed by atoms with Gasteiger partial charge in [0.05, 0.1) is 11.3 Å². The predicted molar refractivity (Wildman–Crippen MR) is 117 cm³/mol. The summed E-state index contributed by atoms with van der Waals surface area (Å²) in [5.74, 6) is -0.116. The quantitative estimate of drug-likeness (QED) is 0.761. The molecular formula is C24H32N2O2. The van der Waals surface area contributed by atoms with Crippen molar-refractivity contribution in [2.75, 3.05) is 4.90 Å². The standard InChI is InChI=1S/C24H32N2O2/c1-11-12(2)15(5)23-20(14(11)4)21(24(28)26(23)19(9)27)17(7)22-16(6)13(3)18(8)25(22)10/h19,27H,1-10H3. The Balaban J connectivity index is 2.48. The maximum absolute atomic E-state index is 13.6. The van der Waals surface area contributed by atoms with Gasteiger partial charge in [0, 0.05) is 24.0 Å². The zero-order valence-corrected chi connectivity index (χ0v) is 18.8. The number of aliphatic hydroxyl groups is 1. The number of aromatic nitrogens is 1. The van der Waals surface area contributed by atoms with Crippen molar-refractivity contribution in [1.29, 1.82) is 0 Å². The van der Waals surface area contributed by atoms with Gasteiger partial charge in [-0.2, -0.15) is 0 Å². The van der Waals surface area contributed by atoms with Crippen LogP contribution in [-0.2, 0) is 11.8 Å². The normalized spacial score (nSPS) is 16.7. The summed E-state index contributed by atoms with van der Waals surface area (Å²) in [7, 11) is 2.06. The van der Waals surface area contributed by atoms with E-state index in [-0.39, 0.29) is 5.91 Å². The van der Waals surface area contributed by atoms with E-state index in [0.717, 1.165) is 33.6 Å². The summed E-state index contributed by atoms with van der Waals surface area (Å²) in [4.78, 5) is 15.1. The SMILES string of the molecule is CC(=C1C(=O)N(C(C)O)c2c(C)c(C)c(C)c(C)c21)c1c(C)c(C)c(C)n1C. The molecule has 1 aliphatic heterocycles. The van der Waals surface area contributed by atoms with Crippen molar-refractivity contribution in [3.8, 4) is 0 Å². The lowest BCUT2D eigenvalue weighted by molar-refractivity contribution is -0.114. The third kappa shape index (κ3) is 2.51. The number of aliphatic hydroxyl groups excluding tert-OH is 1. The highest BCUT2D eigenvalue weighted by molar-refractivity contribution is 6.38. The fourth-order valence-electron chi connectivity index (χ4n) is 4.70. The van der Waals surface area contributed by atoms with E-state index >= 15 is 0 Å². The first kappa shape index (κ1) is 20.4.